The Labute approximate surface area is 219 Å². The lowest BCUT2D eigenvalue weighted by Gasteiger charge is -2.28. The standard InChI is InChI=1S/C26H30FN7O4/c1-25(2,3)38-24(35)34(4)14-26(8-9-26)15-37-19-7-6-17(27)23(36-5)22(19)18-10-20(33-32-18)31-21-13-29-16(11-28)12-30-21/h6-7,10,12-13H,8-9,14-15H2,1-5H3,(H2,30,31,32,33). The van der Waals surface area contributed by atoms with Gasteiger partial charge >= 0.3 is 6.09 Å². The molecule has 38 heavy (non-hydrogen) atoms. The number of carbonyl (C=O) groups is 1. The molecule has 1 fully saturated rings. The molecule has 11 nitrogen and oxygen atoms in total. The van der Waals surface area contributed by atoms with Gasteiger partial charge in [-0.25, -0.2) is 19.2 Å². The molecule has 0 bridgehead atoms. The Balaban J connectivity index is 1.51. The molecule has 0 spiro atoms. The second kappa shape index (κ2) is 10.5. The van der Waals surface area contributed by atoms with Gasteiger partial charge in [-0.3, -0.25) is 5.10 Å². The topological polar surface area (TPSA) is 138 Å². The number of benzene rings is 1. The number of halogens is 1. The molecule has 200 valence electrons. The van der Waals surface area contributed by atoms with Crippen LogP contribution in [0.2, 0.25) is 0 Å². The molecule has 4 rings (SSSR count). The average Bonchev–Trinajstić information content (AvgIpc) is 3.48. The van der Waals surface area contributed by atoms with Gasteiger partial charge in [0, 0.05) is 25.1 Å². The summed E-state index contributed by atoms with van der Waals surface area (Å²) >= 11 is 0. The Bertz CT molecular complexity index is 1340. The van der Waals surface area contributed by atoms with E-state index >= 15 is 0 Å². The Morgan fingerprint density at radius 1 is 1.26 bits per heavy atom. The predicted octanol–water partition coefficient (Wildman–Crippen LogP) is 4.66. The molecule has 0 atom stereocenters. The average molecular weight is 524 g/mol. The van der Waals surface area contributed by atoms with E-state index in [-0.39, 0.29) is 16.9 Å². The van der Waals surface area contributed by atoms with Gasteiger partial charge in [0.05, 0.1) is 37.4 Å². The van der Waals surface area contributed by atoms with Crippen molar-refractivity contribution in [1.82, 2.24) is 25.1 Å². The van der Waals surface area contributed by atoms with Gasteiger partial charge in [-0.1, -0.05) is 0 Å². The highest BCUT2D eigenvalue weighted by molar-refractivity contribution is 5.76. The van der Waals surface area contributed by atoms with Crippen molar-refractivity contribution in [3.05, 3.63) is 42.1 Å². The zero-order valence-corrected chi connectivity index (χ0v) is 22.0. The highest BCUT2D eigenvalue weighted by atomic mass is 19.1. The molecule has 0 unspecified atom stereocenters. The third-order valence-electron chi connectivity index (χ3n) is 5.91. The van der Waals surface area contributed by atoms with Crippen LogP contribution in [-0.2, 0) is 4.74 Å². The molecule has 2 heterocycles. The summed E-state index contributed by atoms with van der Waals surface area (Å²) in [6, 6.07) is 6.39. The van der Waals surface area contributed by atoms with E-state index in [0.29, 0.717) is 41.8 Å². The highest BCUT2D eigenvalue weighted by Crippen LogP contribution is 2.48. The quantitative estimate of drug-likeness (QED) is 0.410. The van der Waals surface area contributed by atoms with E-state index in [2.05, 4.69) is 25.5 Å². The monoisotopic (exact) mass is 523 g/mol. The molecule has 1 amide bonds. The number of anilines is 2. The third-order valence-corrected chi connectivity index (χ3v) is 5.91. The minimum atomic E-state index is -0.581. The summed E-state index contributed by atoms with van der Waals surface area (Å²) in [6.07, 6.45) is 4.13. The predicted molar refractivity (Wildman–Crippen MR) is 137 cm³/mol. The Kier molecular flexibility index (Phi) is 7.39. The van der Waals surface area contributed by atoms with Crippen LogP contribution in [0.5, 0.6) is 11.5 Å². The number of amides is 1. The van der Waals surface area contributed by atoms with Crippen LogP contribution in [-0.4, -0.2) is 64.1 Å². The smallest absolute Gasteiger partial charge is 0.410 e. The molecule has 12 heteroatoms. The first-order valence-corrected chi connectivity index (χ1v) is 12.0. The van der Waals surface area contributed by atoms with Gasteiger partial charge in [0.15, 0.2) is 23.1 Å². The van der Waals surface area contributed by atoms with Crippen molar-refractivity contribution in [3.8, 4) is 28.8 Å². The van der Waals surface area contributed by atoms with E-state index in [1.807, 2.05) is 26.8 Å². The fourth-order valence-corrected chi connectivity index (χ4v) is 3.87. The van der Waals surface area contributed by atoms with Crippen LogP contribution in [0.1, 0.15) is 39.3 Å². The molecule has 1 aromatic carbocycles. The number of methoxy groups -OCH3 is 1. The zero-order chi connectivity index (χ0) is 27.5. The maximum Gasteiger partial charge on any atom is 0.410 e. The van der Waals surface area contributed by atoms with E-state index in [9.17, 15) is 9.18 Å². The van der Waals surface area contributed by atoms with Crippen LogP contribution in [0.25, 0.3) is 11.3 Å². The van der Waals surface area contributed by atoms with E-state index in [1.165, 1.54) is 25.6 Å². The van der Waals surface area contributed by atoms with Crippen LogP contribution in [0.4, 0.5) is 20.8 Å². The summed E-state index contributed by atoms with van der Waals surface area (Å²) < 4.78 is 31.7. The number of aromatic nitrogens is 4. The molecular weight excluding hydrogens is 493 g/mol. The first-order chi connectivity index (χ1) is 18.0. The summed E-state index contributed by atoms with van der Waals surface area (Å²) in [6.45, 7) is 6.27. The van der Waals surface area contributed by atoms with Crippen molar-refractivity contribution in [1.29, 1.82) is 5.26 Å². The Morgan fingerprint density at radius 2 is 2.03 bits per heavy atom. The lowest BCUT2D eigenvalue weighted by Crippen LogP contribution is -2.38. The van der Waals surface area contributed by atoms with Gasteiger partial charge in [0.25, 0.3) is 0 Å². The van der Waals surface area contributed by atoms with Gasteiger partial charge in [0.1, 0.15) is 23.2 Å². The van der Waals surface area contributed by atoms with Crippen molar-refractivity contribution in [3.63, 3.8) is 0 Å². The van der Waals surface area contributed by atoms with Crippen molar-refractivity contribution >= 4 is 17.7 Å². The molecule has 0 saturated heterocycles. The van der Waals surface area contributed by atoms with E-state index in [4.69, 9.17) is 19.5 Å². The molecular formula is C26H30FN7O4. The molecule has 1 aliphatic rings. The summed E-state index contributed by atoms with van der Waals surface area (Å²) in [5, 5.41) is 19.0. The fourth-order valence-electron chi connectivity index (χ4n) is 3.87. The van der Waals surface area contributed by atoms with Crippen LogP contribution >= 0.6 is 0 Å². The number of nitrogens with one attached hydrogen (secondary N) is 2. The summed E-state index contributed by atoms with van der Waals surface area (Å²) in [4.78, 5) is 22.1. The number of ether oxygens (including phenoxy) is 3. The fraction of sp³-hybridized carbons (Fsp3) is 0.423. The van der Waals surface area contributed by atoms with E-state index < -0.39 is 17.5 Å². The van der Waals surface area contributed by atoms with Crippen molar-refractivity contribution < 1.29 is 23.4 Å². The minimum absolute atomic E-state index is 0.00610. The lowest BCUT2D eigenvalue weighted by atomic mass is 10.1. The molecule has 0 radical (unpaired) electrons. The number of rotatable bonds is 9. The van der Waals surface area contributed by atoms with E-state index in [0.717, 1.165) is 12.8 Å². The second-order valence-corrected chi connectivity index (χ2v) is 10.3. The van der Waals surface area contributed by atoms with Crippen LogP contribution in [0.15, 0.2) is 30.6 Å². The number of carbonyl (C=O) groups excluding carboxylic acids is 1. The number of nitriles is 1. The Hall–Kier alpha value is -4.40. The number of hydrogen-bond acceptors (Lipinski definition) is 9. The van der Waals surface area contributed by atoms with Crippen molar-refractivity contribution in [2.45, 2.75) is 39.2 Å². The van der Waals surface area contributed by atoms with Crippen molar-refractivity contribution in [2.24, 2.45) is 5.41 Å². The van der Waals surface area contributed by atoms with Gasteiger partial charge in [0.2, 0.25) is 0 Å². The zero-order valence-electron chi connectivity index (χ0n) is 22.0. The number of aromatic amines is 1. The third kappa shape index (κ3) is 6.29. The first-order valence-electron chi connectivity index (χ1n) is 12.0. The summed E-state index contributed by atoms with van der Waals surface area (Å²) in [7, 11) is 3.09. The molecule has 3 aromatic rings. The van der Waals surface area contributed by atoms with E-state index in [1.54, 1.807) is 24.1 Å². The van der Waals surface area contributed by atoms with Gasteiger partial charge < -0.3 is 24.4 Å². The summed E-state index contributed by atoms with van der Waals surface area (Å²) in [5.74, 6) is 0.639. The molecule has 2 aromatic heterocycles. The number of hydrogen-bond donors (Lipinski definition) is 2. The Morgan fingerprint density at radius 3 is 2.63 bits per heavy atom. The summed E-state index contributed by atoms with van der Waals surface area (Å²) in [5.41, 5.74) is 0.212. The normalized spacial score (nSPS) is 13.8. The van der Waals surface area contributed by atoms with Crippen LogP contribution < -0.4 is 14.8 Å². The first kappa shape index (κ1) is 26.7. The number of nitrogens with zero attached hydrogens (tertiary/aromatic N) is 5. The molecule has 1 saturated carbocycles. The molecule has 1 aliphatic carbocycles. The maximum absolute atomic E-state index is 14.7. The molecule has 2 N–H and O–H groups in total. The SMILES string of the molecule is COc1c(F)ccc(OCC2(CN(C)C(=O)OC(C)(C)C)CC2)c1-c1cc(Nc2cnc(C#N)cn2)n[nH]1. The molecule has 0 aliphatic heterocycles. The van der Waals surface area contributed by atoms with Gasteiger partial charge in [-0.05, 0) is 45.7 Å². The highest BCUT2D eigenvalue weighted by Gasteiger charge is 2.46. The second-order valence-electron chi connectivity index (χ2n) is 10.3. The van der Waals surface area contributed by atoms with Gasteiger partial charge in [-0.2, -0.15) is 10.4 Å². The minimum Gasteiger partial charge on any atom is -0.493 e. The number of H-pyrrole nitrogens is 1. The van der Waals surface area contributed by atoms with Crippen LogP contribution in [0.3, 0.4) is 0 Å². The lowest BCUT2D eigenvalue weighted by molar-refractivity contribution is 0.0246. The maximum atomic E-state index is 14.7. The van der Waals surface area contributed by atoms with Crippen molar-refractivity contribution in [2.75, 3.05) is 32.6 Å². The van der Waals surface area contributed by atoms with Crippen LogP contribution in [0, 0.1) is 22.6 Å². The van der Waals surface area contributed by atoms with Gasteiger partial charge in [-0.15, -0.1) is 0 Å². The largest absolute Gasteiger partial charge is 0.493 e.